The van der Waals surface area contributed by atoms with Crippen LogP contribution in [0.2, 0.25) is 5.02 Å². The molecule has 3 N–H and O–H groups in total. The fourth-order valence-corrected chi connectivity index (χ4v) is 2.35. The lowest BCUT2D eigenvalue weighted by molar-refractivity contribution is -0.138. The average molecular weight is 260 g/mol. The average Bonchev–Trinajstić information content (AvgIpc) is 2.19. The molecule has 0 bridgehead atoms. The summed E-state index contributed by atoms with van der Waals surface area (Å²) in [5.41, 5.74) is 6.01. The quantitative estimate of drug-likeness (QED) is 0.816. The van der Waals surface area contributed by atoms with E-state index >= 15 is 0 Å². The van der Waals surface area contributed by atoms with Crippen LogP contribution in [0.4, 0.5) is 0 Å². The van der Waals surface area contributed by atoms with Gasteiger partial charge in [0.15, 0.2) is 0 Å². The summed E-state index contributed by atoms with van der Waals surface area (Å²) >= 11 is 7.69. The van der Waals surface area contributed by atoms with E-state index in [4.69, 9.17) is 22.4 Å². The summed E-state index contributed by atoms with van der Waals surface area (Å²) < 4.78 is 0. The minimum Gasteiger partial charge on any atom is -0.480 e. The molecular weight excluding hydrogens is 246 g/mol. The van der Waals surface area contributed by atoms with Crippen LogP contribution in [0.1, 0.15) is 25.5 Å². The summed E-state index contributed by atoms with van der Waals surface area (Å²) in [5.74, 6) is -1.06. The molecule has 0 amide bonds. The molecule has 1 aromatic carbocycles. The maximum Gasteiger partial charge on any atom is 0.325 e. The van der Waals surface area contributed by atoms with Gasteiger partial charge in [0.05, 0.1) is 5.02 Å². The highest BCUT2D eigenvalue weighted by Crippen LogP contribution is 2.31. The summed E-state index contributed by atoms with van der Waals surface area (Å²) in [6.07, 6.45) is 0. The number of aliphatic carboxylic acids is 1. The molecule has 5 heteroatoms. The van der Waals surface area contributed by atoms with Gasteiger partial charge in [-0.05, 0) is 17.7 Å². The second kappa shape index (κ2) is 5.57. The maximum atomic E-state index is 10.7. The maximum absolute atomic E-state index is 10.7. The van der Waals surface area contributed by atoms with Crippen molar-refractivity contribution in [3.8, 4) is 0 Å². The van der Waals surface area contributed by atoms with E-state index in [1.54, 1.807) is 23.9 Å². The molecule has 88 valence electrons. The van der Waals surface area contributed by atoms with E-state index in [2.05, 4.69) is 13.8 Å². The SMILES string of the molecule is CC(C)Sc1ccc(C(N)C(=O)O)cc1Cl. The standard InChI is InChI=1S/C11H14ClNO2S/c1-6(2)16-9-4-3-7(5-8(9)12)10(13)11(14)15/h3-6,10H,13H2,1-2H3,(H,14,15). The Labute approximate surface area is 104 Å². The Hall–Kier alpha value is -0.710. The van der Waals surface area contributed by atoms with Gasteiger partial charge in [-0.3, -0.25) is 4.79 Å². The van der Waals surface area contributed by atoms with Gasteiger partial charge in [0.2, 0.25) is 0 Å². The summed E-state index contributed by atoms with van der Waals surface area (Å²) in [7, 11) is 0. The largest absolute Gasteiger partial charge is 0.480 e. The molecule has 16 heavy (non-hydrogen) atoms. The zero-order valence-corrected chi connectivity index (χ0v) is 10.7. The number of halogens is 1. The third-order valence-electron chi connectivity index (χ3n) is 1.94. The number of benzene rings is 1. The van der Waals surface area contributed by atoms with Gasteiger partial charge in [0, 0.05) is 10.1 Å². The lowest BCUT2D eigenvalue weighted by Crippen LogP contribution is -2.20. The molecule has 1 unspecified atom stereocenters. The monoisotopic (exact) mass is 259 g/mol. The third kappa shape index (κ3) is 3.40. The Morgan fingerprint density at radius 3 is 2.56 bits per heavy atom. The van der Waals surface area contributed by atoms with Crippen LogP contribution in [0.15, 0.2) is 23.1 Å². The van der Waals surface area contributed by atoms with Crippen LogP contribution in [-0.4, -0.2) is 16.3 Å². The van der Waals surface area contributed by atoms with Crippen LogP contribution in [-0.2, 0) is 4.79 Å². The first-order chi connectivity index (χ1) is 7.41. The first-order valence-corrected chi connectivity index (χ1v) is 6.12. The van der Waals surface area contributed by atoms with Gasteiger partial charge >= 0.3 is 5.97 Å². The van der Waals surface area contributed by atoms with Crippen molar-refractivity contribution in [2.75, 3.05) is 0 Å². The van der Waals surface area contributed by atoms with Gasteiger partial charge in [0.25, 0.3) is 0 Å². The Kier molecular flexibility index (Phi) is 4.65. The molecule has 3 nitrogen and oxygen atoms in total. The lowest BCUT2D eigenvalue weighted by Gasteiger charge is -2.11. The number of rotatable bonds is 4. The van der Waals surface area contributed by atoms with E-state index in [0.717, 1.165) is 4.90 Å². The zero-order valence-electron chi connectivity index (χ0n) is 9.11. The van der Waals surface area contributed by atoms with Gasteiger partial charge in [-0.25, -0.2) is 0 Å². The van der Waals surface area contributed by atoms with Crippen LogP contribution in [0.5, 0.6) is 0 Å². The Bertz CT molecular complexity index is 396. The molecule has 1 atom stereocenters. The molecular formula is C11H14ClNO2S. The van der Waals surface area contributed by atoms with E-state index in [0.29, 0.717) is 15.8 Å². The van der Waals surface area contributed by atoms with Crippen molar-refractivity contribution in [1.29, 1.82) is 0 Å². The van der Waals surface area contributed by atoms with Crippen LogP contribution in [0.3, 0.4) is 0 Å². The van der Waals surface area contributed by atoms with Crippen molar-refractivity contribution in [3.05, 3.63) is 28.8 Å². The molecule has 0 aliphatic rings. The van der Waals surface area contributed by atoms with E-state index in [9.17, 15) is 4.79 Å². The van der Waals surface area contributed by atoms with Gasteiger partial charge < -0.3 is 10.8 Å². The van der Waals surface area contributed by atoms with Crippen molar-refractivity contribution >= 4 is 29.3 Å². The molecule has 0 aliphatic carbocycles. The van der Waals surface area contributed by atoms with Gasteiger partial charge in [-0.2, -0.15) is 0 Å². The number of hydrogen-bond donors (Lipinski definition) is 2. The van der Waals surface area contributed by atoms with Crippen LogP contribution < -0.4 is 5.73 Å². The number of carbonyl (C=O) groups is 1. The molecule has 0 fully saturated rings. The van der Waals surface area contributed by atoms with Crippen molar-refractivity contribution in [3.63, 3.8) is 0 Å². The molecule has 1 aromatic rings. The number of thioether (sulfide) groups is 1. The minimum absolute atomic E-state index is 0.427. The van der Waals surface area contributed by atoms with Gasteiger partial charge in [0.1, 0.15) is 6.04 Å². The predicted octanol–water partition coefficient (Wildman–Crippen LogP) is 2.92. The van der Waals surface area contributed by atoms with Gasteiger partial charge in [-0.1, -0.05) is 31.5 Å². The third-order valence-corrected chi connectivity index (χ3v) is 3.45. The predicted molar refractivity (Wildman–Crippen MR) is 67.0 cm³/mol. The Morgan fingerprint density at radius 1 is 1.50 bits per heavy atom. The van der Waals surface area contributed by atoms with E-state index < -0.39 is 12.0 Å². The van der Waals surface area contributed by atoms with E-state index in [1.807, 2.05) is 6.07 Å². The minimum atomic E-state index is -1.06. The number of carboxylic acids is 1. The molecule has 0 radical (unpaired) electrons. The van der Waals surface area contributed by atoms with Crippen LogP contribution >= 0.6 is 23.4 Å². The first kappa shape index (κ1) is 13.4. The Morgan fingerprint density at radius 2 is 2.12 bits per heavy atom. The van der Waals surface area contributed by atoms with Crippen LogP contribution in [0.25, 0.3) is 0 Å². The lowest BCUT2D eigenvalue weighted by atomic mass is 10.1. The summed E-state index contributed by atoms with van der Waals surface area (Å²) in [4.78, 5) is 11.6. The smallest absolute Gasteiger partial charge is 0.325 e. The van der Waals surface area contributed by atoms with Crippen molar-refractivity contribution < 1.29 is 9.90 Å². The Balaban J connectivity index is 2.95. The second-order valence-corrected chi connectivity index (χ2v) is 5.70. The normalized spacial score (nSPS) is 12.8. The fourth-order valence-electron chi connectivity index (χ4n) is 1.20. The molecule has 0 saturated carbocycles. The van der Waals surface area contributed by atoms with E-state index in [-0.39, 0.29) is 0 Å². The molecule has 0 saturated heterocycles. The van der Waals surface area contributed by atoms with Crippen molar-refractivity contribution in [1.82, 2.24) is 0 Å². The van der Waals surface area contributed by atoms with Crippen molar-refractivity contribution in [2.24, 2.45) is 5.73 Å². The summed E-state index contributed by atoms with van der Waals surface area (Å²) in [6.45, 7) is 4.13. The molecule has 0 aromatic heterocycles. The molecule has 0 heterocycles. The second-order valence-electron chi connectivity index (χ2n) is 3.67. The molecule has 0 spiro atoms. The molecule has 0 aliphatic heterocycles. The number of carboxylic acid groups (broad SMARTS) is 1. The first-order valence-electron chi connectivity index (χ1n) is 4.86. The summed E-state index contributed by atoms with van der Waals surface area (Å²) in [6, 6.07) is 4.11. The van der Waals surface area contributed by atoms with Crippen LogP contribution in [0, 0.1) is 0 Å². The van der Waals surface area contributed by atoms with Crippen molar-refractivity contribution in [2.45, 2.75) is 30.0 Å². The van der Waals surface area contributed by atoms with Gasteiger partial charge in [-0.15, -0.1) is 11.8 Å². The summed E-state index contributed by atoms with van der Waals surface area (Å²) in [5, 5.41) is 9.74. The number of hydrogen-bond acceptors (Lipinski definition) is 3. The molecule has 1 rings (SSSR count). The number of nitrogens with two attached hydrogens (primary N) is 1. The fraction of sp³-hybridized carbons (Fsp3) is 0.364. The highest BCUT2D eigenvalue weighted by molar-refractivity contribution is 8.00. The zero-order chi connectivity index (χ0) is 12.3. The highest BCUT2D eigenvalue weighted by atomic mass is 35.5. The van der Waals surface area contributed by atoms with E-state index in [1.165, 1.54) is 0 Å². The highest BCUT2D eigenvalue weighted by Gasteiger charge is 2.15. The topological polar surface area (TPSA) is 63.3 Å².